The van der Waals surface area contributed by atoms with E-state index in [-0.39, 0.29) is 12.4 Å². The van der Waals surface area contributed by atoms with Crippen LogP contribution in [-0.2, 0) is 11.3 Å². The first-order valence-electron chi connectivity index (χ1n) is 8.03. The summed E-state index contributed by atoms with van der Waals surface area (Å²) in [4.78, 5) is 24.8. The minimum atomic E-state index is -0.452. The van der Waals surface area contributed by atoms with E-state index in [0.717, 1.165) is 5.69 Å². The van der Waals surface area contributed by atoms with Gasteiger partial charge in [-0.1, -0.05) is 12.1 Å². The highest BCUT2D eigenvalue weighted by atomic mass is 16.5. The zero-order valence-corrected chi connectivity index (χ0v) is 15.2. The van der Waals surface area contributed by atoms with Gasteiger partial charge < -0.3 is 18.8 Å². The number of ketones is 1. The fraction of sp³-hybridized carbons (Fsp3) is 0.368. The first-order valence-corrected chi connectivity index (χ1v) is 8.03. The van der Waals surface area contributed by atoms with Gasteiger partial charge >= 0.3 is 5.97 Å². The number of para-hydroxylation sites is 2. The summed E-state index contributed by atoms with van der Waals surface area (Å²) in [6, 6.07) is 7.13. The average molecular weight is 345 g/mol. The highest BCUT2D eigenvalue weighted by Gasteiger charge is 2.26. The molecular formula is C19H23NO5. The second-order valence-electron chi connectivity index (χ2n) is 5.53. The summed E-state index contributed by atoms with van der Waals surface area (Å²) < 4.78 is 17.5. The third-order valence-corrected chi connectivity index (χ3v) is 4.17. The summed E-state index contributed by atoms with van der Waals surface area (Å²) in [7, 11) is 2.87. The summed E-state index contributed by atoms with van der Waals surface area (Å²) in [5.74, 6) is 0.410. The van der Waals surface area contributed by atoms with E-state index in [2.05, 4.69) is 0 Å². The Labute approximate surface area is 147 Å². The Morgan fingerprint density at radius 3 is 2.28 bits per heavy atom. The minimum absolute atomic E-state index is 0.142. The lowest BCUT2D eigenvalue weighted by atomic mass is 10.1. The molecule has 0 saturated carbocycles. The average Bonchev–Trinajstić information content (AvgIpc) is 2.88. The maximum absolute atomic E-state index is 12.7. The van der Waals surface area contributed by atoms with Crippen molar-refractivity contribution in [1.82, 2.24) is 4.57 Å². The molecule has 0 aliphatic carbocycles. The van der Waals surface area contributed by atoms with E-state index in [0.29, 0.717) is 34.9 Å². The van der Waals surface area contributed by atoms with Gasteiger partial charge in [0.25, 0.3) is 0 Å². The molecule has 2 rings (SSSR count). The zero-order valence-electron chi connectivity index (χ0n) is 15.2. The molecule has 2 aromatic rings. The van der Waals surface area contributed by atoms with Crippen LogP contribution >= 0.6 is 0 Å². The Bertz CT molecular complexity index is 791. The molecule has 0 spiro atoms. The number of benzene rings is 1. The van der Waals surface area contributed by atoms with Crippen LogP contribution in [0, 0.1) is 13.8 Å². The van der Waals surface area contributed by atoms with Gasteiger partial charge in [0.15, 0.2) is 18.1 Å². The third kappa shape index (κ3) is 3.52. The molecule has 134 valence electrons. The molecule has 0 bridgehead atoms. The molecule has 1 aromatic heterocycles. The van der Waals surface area contributed by atoms with E-state index in [9.17, 15) is 9.59 Å². The SMILES string of the molecule is CCn1c(C)c(C(=O)COc2ccccc2OC)c(C)c1C(=O)OC. The summed E-state index contributed by atoms with van der Waals surface area (Å²) in [6.45, 7) is 5.91. The Balaban J connectivity index is 2.31. The third-order valence-electron chi connectivity index (χ3n) is 4.17. The van der Waals surface area contributed by atoms with E-state index >= 15 is 0 Å². The number of nitrogens with zero attached hydrogens (tertiary/aromatic N) is 1. The zero-order chi connectivity index (χ0) is 18.6. The summed E-state index contributed by atoms with van der Waals surface area (Å²) in [6.07, 6.45) is 0. The van der Waals surface area contributed by atoms with Gasteiger partial charge in [-0.15, -0.1) is 0 Å². The topological polar surface area (TPSA) is 66.8 Å². The number of Topliss-reactive ketones (excluding diaryl/α,β-unsaturated/α-hetero) is 1. The van der Waals surface area contributed by atoms with E-state index in [4.69, 9.17) is 14.2 Å². The molecule has 6 heteroatoms. The molecule has 0 N–H and O–H groups in total. The van der Waals surface area contributed by atoms with Crippen molar-refractivity contribution >= 4 is 11.8 Å². The minimum Gasteiger partial charge on any atom is -0.493 e. The van der Waals surface area contributed by atoms with Gasteiger partial charge in [-0.2, -0.15) is 0 Å². The standard InChI is InChI=1S/C19H23NO5/c1-6-20-13(3)17(12(2)18(20)19(22)24-5)14(21)11-25-16-10-8-7-9-15(16)23-4/h7-10H,6,11H2,1-5H3. The van der Waals surface area contributed by atoms with Crippen LogP contribution in [0.15, 0.2) is 24.3 Å². The van der Waals surface area contributed by atoms with E-state index in [1.165, 1.54) is 7.11 Å². The lowest BCUT2D eigenvalue weighted by molar-refractivity contribution is 0.0587. The lowest BCUT2D eigenvalue weighted by Gasteiger charge is -2.10. The van der Waals surface area contributed by atoms with Crippen molar-refractivity contribution in [3.05, 3.63) is 46.8 Å². The van der Waals surface area contributed by atoms with Crippen LogP contribution in [-0.4, -0.2) is 37.1 Å². The van der Waals surface area contributed by atoms with Gasteiger partial charge in [-0.25, -0.2) is 4.79 Å². The molecular weight excluding hydrogens is 322 g/mol. The predicted molar refractivity (Wildman–Crippen MR) is 93.7 cm³/mol. The van der Waals surface area contributed by atoms with Crippen LogP contribution in [0.3, 0.4) is 0 Å². The van der Waals surface area contributed by atoms with Crippen molar-refractivity contribution in [1.29, 1.82) is 0 Å². The number of esters is 1. The van der Waals surface area contributed by atoms with Crippen LogP contribution in [0.5, 0.6) is 11.5 Å². The van der Waals surface area contributed by atoms with Crippen molar-refractivity contribution < 1.29 is 23.8 Å². The summed E-state index contributed by atoms with van der Waals surface area (Å²) in [5.41, 5.74) is 2.24. The van der Waals surface area contributed by atoms with Crippen molar-refractivity contribution in [3.8, 4) is 11.5 Å². The largest absolute Gasteiger partial charge is 0.493 e. The van der Waals surface area contributed by atoms with Crippen molar-refractivity contribution in [3.63, 3.8) is 0 Å². The van der Waals surface area contributed by atoms with Crippen LogP contribution < -0.4 is 9.47 Å². The molecule has 0 atom stereocenters. The molecule has 0 saturated heterocycles. The number of hydrogen-bond donors (Lipinski definition) is 0. The number of carbonyl (C=O) groups excluding carboxylic acids is 2. The highest BCUT2D eigenvalue weighted by Crippen LogP contribution is 2.27. The van der Waals surface area contributed by atoms with Gasteiger partial charge in [0.05, 0.1) is 14.2 Å². The number of aromatic nitrogens is 1. The van der Waals surface area contributed by atoms with Crippen LogP contribution in [0.25, 0.3) is 0 Å². The number of methoxy groups -OCH3 is 2. The first-order chi connectivity index (χ1) is 12.0. The fourth-order valence-corrected chi connectivity index (χ4v) is 3.01. The van der Waals surface area contributed by atoms with Crippen molar-refractivity contribution in [2.24, 2.45) is 0 Å². The smallest absolute Gasteiger partial charge is 0.354 e. The lowest BCUT2D eigenvalue weighted by Crippen LogP contribution is -2.14. The van der Waals surface area contributed by atoms with Crippen LogP contribution in [0.4, 0.5) is 0 Å². The Kier molecular flexibility index (Phi) is 5.85. The first kappa shape index (κ1) is 18.6. The number of ether oxygens (including phenoxy) is 3. The number of carbonyl (C=O) groups is 2. The van der Waals surface area contributed by atoms with Gasteiger partial charge in [0.2, 0.25) is 5.78 Å². The molecule has 0 amide bonds. The van der Waals surface area contributed by atoms with Crippen LogP contribution in [0.1, 0.15) is 39.0 Å². The maximum atomic E-state index is 12.7. The Hall–Kier alpha value is -2.76. The monoisotopic (exact) mass is 345 g/mol. The molecule has 6 nitrogen and oxygen atoms in total. The van der Waals surface area contributed by atoms with E-state index < -0.39 is 5.97 Å². The van der Waals surface area contributed by atoms with Crippen molar-refractivity contribution in [2.75, 3.05) is 20.8 Å². The number of rotatable bonds is 7. The molecule has 0 aliphatic heterocycles. The molecule has 0 aliphatic rings. The maximum Gasteiger partial charge on any atom is 0.354 e. The van der Waals surface area contributed by atoms with Gasteiger partial charge in [-0.3, -0.25) is 4.79 Å². The van der Waals surface area contributed by atoms with Crippen molar-refractivity contribution in [2.45, 2.75) is 27.3 Å². The quantitative estimate of drug-likeness (QED) is 0.569. The Morgan fingerprint density at radius 2 is 1.72 bits per heavy atom. The molecule has 25 heavy (non-hydrogen) atoms. The molecule has 0 radical (unpaired) electrons. The van der Waals surface area contributed by atoms with E-state index in [1.807, 2.05) is 26.0 Å². The Morgan fingerprint density at radius 1 is 1.08 bits per heavy atom. The predicted octanol–water partition coefficient (Wildman–Crippen LogP) is 3.18. The molecule has 0 fully saturated rings. The summed E-state index contributed by atoms with van der Waals surface area (Å²) in [5, 5.41) is 0. The normalized spacial score (nSPS) is 10.4. The summed E-state index contributed by atoms with van der Waals surface area (Å²) >= 11 is 0. The molecule has 1 heterocycles. The molecule has 0 unspecified atom stereocenters. The second kappa shape index (κ2) is 7.88. The van der Waals surface area contributed by atoms with Gasteiger partial charge in [0.1, 0.15) is 5.69 Å². The molecule has 1 aromatic carbocycles. The van der Waals surface area contributed by atoms with Gasteiger partial charge in [-0.05, 0) is 38.5 Å². The second-order valence-corrected chi connectivity index (χ2v) is 5.53. The number of hydrogen-bond acceptors (Lipinski definition) is 5. The highest BCUT2D eigenvalue weighted by molar-refractivity contribution is 6.03. The fourth-order valence-electron chi connectivity index (χ4n) is 3.01. The van der Waals surface area contributed by atoms with E-state index in [1.54, 1.807) is 30.7 Å². The van der Waals surface area contributed by atoms with Gasteiger partial charge in [0, 0.05) is 17.8 Å². The van der Waals surface area contributed by atoms with Crippen LogP contribution in [0.2, 0.25) is 0 Å².